The van der Waals surface area contributed by atoms with Crippen LogP contribution >= 0.6 is 0 Å². The number of ether oxygens (including phenoxy) is 3. The summed E-state index contributed by atoms with van der Waals surface area (Å²) < 4.78 is 18.1. The van der Waals surface area contributed by atoms with Crippen molar-refractivity contribution in [2.24, 2.45) is 46.3 Å². The molecule has 3 saturated carbocycles. The van der Waals surface area contributed by atoms with E-state index in [1.165, 1.54) is 18.1 Å². The second-order valence-electron chi connectivity index (χ2n) is 15.9. The van der Waals surface area contributed by atoms with E-state index in [0.29, 0.717) is 24.2 Å². The molecule has 15 atom stereocenters. The highest BCUT2D eigenvalue weighted by Gasteiger charge is 2.64. The Kier molecular flexibility index (Phi) is 9.85. The molecule has 4 aliphatic carbocycles. The second kappa shape index (κ2) is 12.7. The third kappa shape index (κ3) is 5.97. The Morgan fingerprint density at radius 3 is 2.43 bits per heavy atom. The molecule has 0 bridgehead atoms. The first kappa shape index (κ1) is 34.1. The molecule has 0 aromatic carbocycles. The van der Waals surface area contributed by atoms with Gasteiger partial charge >= 0.3 is 5.97 Å². The molecular weight excluding hydrogens is 560 g/mol. The highest BCUT2D eigenvalue weighted by molar-refractivity contribution is 5.66. The van der Waals surface area contributed by atoms with Crippen molar-refractivity contribution in [1.82, 2.24) is 0 Å². The molecule has 44 heavy (non-hydrogen) atoms. The lowest BCUT2D eigenvalue weighted by Crippen LogP contribution is -2.58. The quantitative estimate of drug-likeness (QED) is 0.223. The standard InChI is InChI=1S/C36H58O8/c1-18(2)19(3)9-10-20(4)30-27(38)17-26-29-25(12-14-36(26,30)8)35(7)13-11-24(15-23(35)16-28(29)43-22(6)37)44-34-33(41)32(40)31(39)21(5)42-34/h16,18,20-21,24-34,38-41H,3,9-15,17H2,1-2,4-8H3/t20-,21+,24+,25+,26+,27+,28+,29-,30+,31-,32-,33+,34+,35+,36+/m1/s1. The van der Waals surface area contributed by atoms with Gasteiger partial charge in [-0.25, -0.2) is 0 Å². The average Bonchev–Trinajstić information content (AvgIpc) is 3.23. The van der Waals surface area contributed by atoms with Crippen molar-refractivity contribution in [2.75, 3.05) is 0 Å². The van der Waals surface area contributed by atoms with Crippen LogP contribution in [0.5, 0.6) is 0 Å². The Morgan fingerprint density at radius 1 is 1.07 bits per heavy atom. The highest BCUT2D eigenvalue weighted by atomic mass is 16.7. The van der Waals surface area contributed by atoms with Gasteiger partial charge in [-0.3, -0.25) is 4.79 Å². The van der Waals surface area contributed by atoms with Crippen molar-refractivity contribution < 1.29 is 39.4 Å². The number of carbonyl (C=O) groups is 1. The van der Waals surface area contributed by atoms with Crippen LogP contribution in [0.25, 0.3) is 0 Å². The number of allylic oxidation sites excluding steroid dienone is 1. The van der Waals surface area contributed by atoms with E-state index in [2.05, 4.69) is 47.3 Å². The summed E-state index contributed by atoms with van der Waals surface area (Å²) in [6, 6.07) is 0. The third-order valence-corrected chi connectivity index (χ3v) is 13.0. The van der Waals surface area contributed by atoms with E-state index >= 15 is 0 Å². The van der Waals surface area contributed by atoms with E-state index in [-0.39, 0.29) is 52.9 Å². The first-order valence-electron chi connectivity index (χ1n) is 17.2. The van der Waals surface area contributed by atoms with Gasteiger partial charge in [0.25, 0.3) is 0 Å². The molecule has 8 nitrogen and oxygen atoms in total. The Balaban J connectivity index is 1.38. The Morgan fingerprint density at radius 2 is 1.77 bits per heavy atom. The predicted molar refractivity (Wildman–Crippen MR) is 167 cm³/mol. The normalized spacial score (nSPS) is 47.7. The van der Waals surface area contributed by atoms with Gasteiger partial charge in [0.1, 0.15) is 24.4 Å². The summed E-state index contributed by atoms with van der Waals surface area (Å²) >= 11 is 0. The van der Waals surface area contributed by atoms with E-state index in [4.69, 9.17) is 14.2 Å². The van der Waals surface area contributed by atoms with Gasteiger partial charge in [-0.05, 0) is 105 Å². The summed E-state index contributed by atoms with van der Waals surface area (Å²) in [5.41, 5.74) is 2.38. The number of hydrogen-bond acceptors (Lipinski definition) is 8. The number of aliphatic hydroxyl groups excluding tert-OH is 4. The molecule has 0 aromatic heterocycles. The molecule has 4 N–H and O–H groups in total. The van der Waals surface area contributed by atoms with E-state index < -0.39 is 30.7 Å². The highest BCUT2D eigenvalue weighted by Crippen LogP contribution is 2.67. The fraction of sp³-hybridized carbons (Fsp3) is 0.861. The molecule has 0 spiro atoms. The summed E-state index contributed by atoms with van der Waals surface area (Å²) in [4.78, 5) is 12.5. The van der Waals surface area contributed by atoms with Crippen molar-refractivity contribution in [2.45, 2.75) is 149 Å². The van der Waals surface area contributed by atoms with Crippen molar-refractivity contribution in [3.63, 3.8) is 0 Å². The van der Waals surface area contributed by atoms with Crippen molar-refractivity contribution >= 4 is 5.97 Å². The second-order valence-corrected chi connectivity index (χ2v) is 15.9. The van der Waals surface area contributed by atoms with E-state index in [1.807, 2.05) is 0 Å². The number of aliphatic hydroxyl groups is 4. The minimum Gasteiger partial charge on any atom is -0.458 e. The van der Waals surface area contributed by atoms with Crippen LogP contribution in [0.3, 0.4) is 0 Å². The van der Waals surface area contributed by atoms with Gasteiger partial charge in [-0.2, -0.15) is 0 Å². The summed E-state index contributed by atoms with van der Waals surface area (Å²) in [7, 11) is 0. The average molecular weight is 619 g/mol. The Labute approximate surface area is 264 Å². The molecule has 5 rings (SSSR count). The number of rotatable bonds is 8. The molecule has 1 saturated heterocycles. The van der Waals surface area contributed by atoms with E-state index in [9.17, 15) is 25.2 Å². The Hall–Kier alpha value is -1.29. The monoisotopic (exact) mass is 618 g/mol. The van der Waals surface area contributed by atoms with Gasteiger partial charge in [0.2, 0.25) is 0 Å². The smallest absolute Gasteiger partial charge is 0.303 e. The zero-order valence-electron chi connectivity index (χ0n) is 27.9. The van der Waals surface area contributed by atoms with Crippen molar-refractivity contribution in [3.05, 3.63) is 23.8 Å². The van der Waals surface area contributed by atoms with Crippen LogP contribution in [0.1, 0.15) is 99.8 Å². The number of hydrogen-bond donors (Lipinski definition) is 4. The van der Waals surface area contributed by atoms with Gasteiger partial charge in [0, 0.05) is 12.8 Å². The molecule has 0 radical (unpaired) electrons. The minimum absolute atomic E-state index is 0.0316. The summed E-state index contributed by atoms with van der Waals surface area (Å²) in [6.45, 7) is 18.9. The SMILES string of the molecule is C=C(CC[C@@H](C)[C@H]1[C@@H](O)C[C@H]2[C@@H]3[C@@H](OC(C)=O)C=C4C[C@@H](O[C@@H]5O[C@@H](C)[C@@H](O)[C@@H](O)[C@@H]5O)CC[C@]4(C)[C@H]3CC[C@]12C)C(C)C. The van der Waals surface area contributed by atoms with Crippen LogP contribution < -0.4 is 0 Å². The first-order chi connectivity index (χ1) is 20.6. The van der Waals surface area contributed by atoms with Gasteiger partial charge in [0.05, 0.1) is 18.3 Å². The topological polar surface area (TPSA) is 126 Å². The van der Waals surface area contributed by atoms with E-state index in [0.717, 1.165) is 44.9 Å². The lowest BCUT2D eigenvalue weighted by molar-refractivity contribution is -0.306. The van der Waals surface area contributed by atoms with Crippen LogP contribution in [0.2, 0.25) is 0 Å². The van der Waals surface area contributed by atoms with Gasteiger partial charge in [0.15, 0.2) is 6.29 Å². The van der Waals surface area contributed by atoms with Crippen LogP contribution in [-0.4, -0.2) is 75.4 Å². The first-order valence-corrected chi connectivity index (χ1v) is 17.2. The molecule has 1 aliphatic heterocycles. The minimum atomic E-state index is -1.34. The zero-order valence-corrected chi connectivity index (χ0v) is 27.9. The van der Waals surface area contributed by atoms with Gasteiger partial charge in [-0.1, -0.05) is 52.3 Å². The fourth-order valence-electron chi connectivity index (χ4n) is 10.3. The third-order valence-electron chi connectivity index (χ3n) is 13.0. The Bertz CT molecular complexity index is 1100. The molecule has 250 valence electrons. The molecule has 1 heterocycles. The van der Waals surface area contributed by atoms with E-state index in [1.54, 1.807) is 6.92 Å². The molecule has 0 unspecified atom stereocenters. The largest absolute Gasteiger partial charge is 0.458 e. The maximum Gasteiger partial charge on any atom is 0.303 e. The number of carbonyl (C=O) groups excluding carboxylic acids is 1. The van der Waals surface area contributed by atoms with Crippen LogP contribution in [-0.2, 0) is 19.0 Å². The summed E-state index contributed by atoms with van der Waals surface area (Å²) in [5, 5.41) is 42.6. The molecule has 0 aromatic rings. The summed E-state index contributed by atoms with van der Waals surface area (Å²) in [6.07, 6.45) is 2.81. The van der Waals surface area contributed by atoms with Crippen molar-refractivity contribution in [3.8, 4) is 0 Å². The molecule has 4 fully saturated rings. The predicted octanol–water partition coefficient (Wildman–Crippen LogP) is 4.92. The van der Waals surface area contributed by atoms with Crippen molar-refractivity contribution in [1.29, 1.82) is 0 Å². The summed E-state index contributed by atoms with van der Waals surface area (Å²) in [5.74, 6) is 1.46. The number of fused-ring (bicyclic) bond motifs is 5. The zero-order chi connectivity index (χ0) is 32.3. The maximum atomic E-state index is 12.5. The van der Waals surface area contributed by atoms with Crippen LogP contribution in [0.4, 0.5) is 0 Å². The van der Waals surface area contributed by atoms with Crippen LogP contribution in [0.15, 0.2) is 23.8 Å². The van der Waals surface area contributed by atoms with Gasteiger partial charge < -0.3 is 34.6 Å². The molecule has 5 aliphatic rings. The van der Waals surface area contributed by atoms with Crippen LogP contribution in [0, 0.1) is 46.3 Å². The fourth-order valence-corrected chi connectivity index (χ4v) is 10.3. The number of esters is 1. The molecule has 8 heteroatoms. The molecule has 0 amide bonds. The lowest BCUT2D eigenvalue weighted by Gasteiger charge is -2.60. The lowest BCUT2D eigenvalue weighted by atomic mass is 9.46. The maximum absolute atomic E-state index is 12.5. The molecular formula is C36H58O8. The van der Waals surface area contributed by atoms with Gasteiger partial charge in [-0.15, -0.1) is 0 Å².